The lowest BCUT2D eigenvalue weighted by Crippen LogP contribution is -2.42. The summed E-state index contributed by atoms with van der Waals surface area (Å²) in [6.07, 6.45) is 4.28. The van der Waals surface area contributed by atoms with Gasteiger partial charge in [-0.2, -0.15) is 5.10 Å². The molecule has 2 rings (SSSR count). The third-order valence-corrected chi connectivity index (χ3v) is 5.86. The van der Waals surface area contributed by atoms with Crippen molar-refractivity contribution in [2.24, 2.45) is 13.0 Å². The molecule has 146 valence electrons. The van der Waals surface area contributed by atoms with Crippen molar-refractivity contribution >= 4 is 27.5 Å². The minimum Gasteiger partial charge on any atom is -0.369 e. The fraction of sp³-hybridized carbons (Fsp3) is 0.722. The zero-order valence-corrected chi connectivity index (χ0v) is 17.6. The van der Waals surface area contributed by atoms with Gasteiger partial charge in [0.25, 0.3) is 5.56 Å². The van der Waals surface area contributed by atoms with Gasteiger partial charge in [0.05, 0.1) is 11.9 Å². The maximum Gasteiger partial charge on any atom is 0.282 e. The summed E-state index contributed by atoms with van der Waals surface area (Å²) in [7, 11) is 1.63. The van der Waals surface area contributed by atoms with Crippen molar-refractivity contribution in [1.29, 1.82) is 0 Å². The number of aryl methyl sites for hydroxylation is 1. The predicted molar refractivity (Wildman–Crippen MR) is 108 cm³/mol. The molecule has 26 heavy (non-hydrogen) atoms. The molecule has 1 aliphatic heterocycles. The number of piperidine rings is 1. The van der Waals surface area contributed by atoms with Crippen LogP contribution >= 0.6 is 15.9 Å². The van der Waals surface area contributed by atoms with Crippen LogP contribution < -0.4 is 15.8 Å². The van der Waals surface area contributed by atoms with Crippen molar-refractivity contribution in [1.82, 2.24) is 20.0 Å². The lowest BCUT2D eigenvalue weighted by atomic mass is 9.95. The number of hydrogen-bond donors (Lipinski definition) is 1. The number of carbonyl (C=O) groups is 1. The molecule has 0 radical (unpaired) electrons. The second-order valence-electron chi connectivity index (χ2n) is 6.71. The summed E-state index contributed by atoms with van der Waals surface area (Å²) in [5.41, 5.74) is 0.668. The summed E-state index contributed by atoms with van der Waals surface area (Å²) in [6.45, 7) is 9.69. The Balaban J connectivity index is 1.78. The SMILES string of the molecule is CCN(CC)CCCNC(=O)C1CCN(c2cnn(C)c(=O)c2Br)CC1. The number of aromatic nitrogens is 2. The quantitative estimate of drug-likeness (QED) is 0.638. The zero-order valence-electron chi connectivity index (χ0n) is 16.0. The van der Waals surface area contributed by atoms with E-state index in [0.29, 0.717) is 4.47 Å². The molecule has 0 aromatic carbocycles. The molecule has 0 atom stereocenters. The number of nitrogens with zero attached hydrogens (tertiary/aromatic N) is 4. The van der Waals surface area contributed by atoms with E-state index in [2.05, 4.69) is 50.0 Å². The number of hydrogen-bond acceptors (Lipinski definition) is 5. The Kier molecular flexibility index (Phi) is 8.09. The highest BCUT2D eigenvalue weighted by Gasteiger charge is 2.26. The van der Waals surface area contributed by atoms with Crippen LogP contribution in [0.3, 0.4) is 0 Å². The molecular formula is C18H30BrN5O2. The minimum atomic E-state index is -0.143. The molecule has 1 aliphatic rings. The van der Waals surface area contributed by atoms with Gasteiger partial charge in [-0.15, -0.1) is 0 Å². The van der Waals surface area contributed by atoms with Crippen LogP contribution in [0.2, 0.25) is 0 Å². The lowest BCUT2D eigenvalue weighted by molar-refractivity contribution is -0.125. The Hall–Kier alpha value is -1.41. The van der Waals surface area contributed by atoms with Crippen LogP contribution in [-0.2, 0) is 11.8 Å². The highest BCUT2D eigenvalue weighted by Crippen LogP contribution is 2.27. The second kappa shape index (κ2) is 10.1. The van der Waals surface area contributed by atoms with Gasteiger partial charge in [0.2, 0.25) is 5.91 Å². The average Bonchev–Trinajstić information content (AvgIpc) is 2.66. The fourth-order valence-electron chi connectivity index (χ4n) is 3.30. The van der Waals surface area contributed by atoms with E-state index in [1.54, 1.807) is 13.2 Å². The van der Waals surface area contributed by atoms with Crippen LogP contribution in [0.4, 0.5) is 5.69 Å². The van der Waals surface area contributed by atoms with Gasteiger partial charge in [0, 0.05) is 32.6 Å². The van der Waals surface area contributed by atoms with Gasteiger partial charge in [-0.25, -0.2) is 4.68 Å². The molecule has 1 aromatic heterocycles. The lowest BCUT2D eigenvalue weighted by Gasteiger charge is -2.33. The summed E-state index contributed by atoms with van der Waals surface area (Å²) in [5.74, 6) is 0.211. The Labute approximate surface area is 163 Å². The number of nitrogens with one attached hydrogen (secondary N) is 1. The van der Waals surface area contributed by atoms with Gasteiger partial charge in [-0.05, 0) is 54.8 Å². The molecule has 1 N–H and O–H groups in total. The molecule has 0 aliphatic carbocycles. The van der Waals surface area contributed by atoms with Gasteiger partial charge in [0.15, 0.2) is 0 Å². The monoisotopic (exact) mass is 427 g/mol. The van der Waals surface area contributed by atoms with Crippen LogP contribution in [0.1, 0.15) is 33.1 Å². The first-order valence-corrected chi connectivity index (χ1v) is 10.2. The van der Waals surface area contributed by atoms with Gasteiger partial charge in [0.1, 0.15) is 4.47 Å². The smallest absolute Gasteiger partial charge is 0.282 e. The van der Waals surface area contributed by atoms with Crippen LogP contribution in [-0.4, -0.2) is 59.9 Å². The van der Waals surface area contributed by atoms with Crippen molar-refractivity contribution in [3.8, 4) is 0 Å². The van der Waals surface area contributed by atoms with Crippen molar-refractivity contribution in [2.75, 3.05) is 44.2 Å². The van der Waals surface area contributed by atoms with E-state index in [1.807, 2.05) is 0 Å². The Bertz CT molecular complexity index is 651. The molecule has 1 fully saturated rings. The summed E-state index contributed by atoms with van der Waals surface area (Å²) >= 11 is 3.38. The molecule has 1 aromatic rings. The number of rotatable bonds is 8. The largest absolute Gasteiger partial charge is 0.369 e. The molecule has 8 heteroatoms. The van der Waals surface area contributed by atoms with E-state index in [4.69, 9.17) is 0 Å². The van der Waals surface area contributed by atoms with Gasteiger partial charge >= 0.3 is 0 Å². The highest BCUT2D eigenvalue weighted by atomic mass is 79.9. The first kappa shape index (κ1) is 20.9. The number of halogens is 1. The molecular weight excluding hydrogens is 398 g/mol. The first-order valence-electron chi connectivity index (χ1n) is 9.44. The van der Waals surface area contributed by atoms with E-state index < -0.39 is 0 Å². The maximum absolute atomic E-state index is 12.4. The van der Waals surface area contributed by atoms with E-state index in [-0.39, 0.29) is 17.4 Å². The first-order chi connectivity index (χ1) is 12.5. The van der Waals surface area contributed by atoms with Crippen molar-refractivity contribution in [3.63, 3.8) is 0 Å². The van der Waals surface area contributed by atoms with Crippen molar-refractivity contribution in [2.45, 2.75) is 33.1 Å². The predicted octanol–water partition coefficient (Wildman–Crippen LogP) is 1.61. The van der Waals surface area contributed by atoms with Gasteiger partial charge in [-0.3, -0.25) is 9.59 Å². The molecule has 2 heterocycles. The van der Waals surface area contributed by atoms with Crippen molar-refractivity contribution < 1.29 is 4.79 Å². The Morgan fingerprint density at radius 2 is 2.00 bits per heavy atom. The standard InChI is InChI=1S/C18H30BrN5O2/c1-4-23(5-2)10-6-9-20-17(25)14-7-11-24(12-8-14)15-13-21-22(3)18(26)16(15)19/h13-14H,4-12H2,1-3H3,(H,20,25). The van der Waals surface area contributed by atoms with E-state index in [0.717, 1.165) is 64.2 Å². The molecule has 0 saturated carbocycles. The third kappa shape index (κ3) is 5.30. The molecule has 1 amide bonds. The molecule has 0 spiro atoms. The van der Waals surface area contributed by atoms with E-state index in [9.17, 15) is 9.59 Å². The number of amides is 1. The topological polar surface area (TPSA) is 70.5 Å². The minimum absolute atomic E-state index is 0.0537. The summed E-state index contributed by atoms with van der Waals surface area (Å²) in [6, 6.07) is 0. The Morgan fingerprint density at radius 1 is 1.35 bits per heavy atom. The summed E-state index contributed by atoms with van der Waals surface area (Å²) in [4.78, 5) is 28.9. The average molecular weight is 428 g/mol. The molecule has 1 saturated heterocycles. The highest BCUT2D eigenvalue weighted by molar-refractivity contribution is 9.10. The fourth-order valence-corrected chi connectivity index (χ4v) is 3.91. The molecule has 7 nitrogen and oxygen atoms in total. The summed E-state index contributed by atoms with van der Waals surface area (Å²) < 4.78 is 1.85. The number of anilines is 1. The normalized spacial score (nSPS) is 15.5. The van der Waals surface area contributed by atoms with Crippen molar-refractivity contribution in [3.05, 3.63) is 21.0 Å². The Morgan fingerprint density at radius 3 is 2.62 bits per heavy atom. The third-order valence-electron chi connectivity index (χ3n) is 5.11. The van der Waals surface area contributed by atoms with E-state index >= 15 is 0 Å². The number of carbonyl (C=O) groups excluding carboxylic acids is 1. The van der Waals surface area contributed by atoms with Gasteiger partial charge < -0.3 is 15.1 Å². The molecule has 0 unspecified atom stereocenters. The van der Waals surface area contributed by atoms with Crippen LogP contribution in [0.25, 0.3) is 0 Å². The van der Waals surface area contributed by atoms with Crippen LogP contribution in [0.15, 0.2) is 15.5 Å². The maximum atomic E-state index is 12.4. The zero-order chi connectivity index (χ0) is 19.1. The van der Waals surface area contributed by atoms with Crippen LogP contribution in [0, 0.1) is 5.92 Å². The van der Waals surface area contributed by atoms with Gasteiger partial charge in [-0.1, -0.05) is 13.8 Å². The van der Waals surface area contributed by atoms with E-state index in [1.165, 1.54) is 4.68 Å². The molecule has 0 bridgehead atoms. The second-order valence-corrected chi connectivity index (χ2v) is 7.50. The summed E-state index contributed by atoms with van der Waals surface area (Å²) in [5, 5.41) is 7.18. The van der Waals surface area contributed by atoms with Crippen LogP contribution in [0.5, 0.6) is 0 Å².